The lowest BCUT2D eigenvalue weighted by Gasteiger charge is -2.15. The topological polar surface area (TPSA) is 21.6 Å². The third kappa shape index (κ3) is 2.26. The van der Waals surface area contributed by atoms with Gasteiger partial charge in [0.15, 0.2) is 5.90 Å². The van der Waals surface area contributed by atoms with Crippen LogP contribution < -0.4 is 0 Å². The zero-order valence-corrected chi connectivity index (χ0v) is 9.88. The highest BCUT2D eigenvalue weighted by Gasteiger charge is 2.25. The van der Waals surface area contributed by atoms with Crippen molar-refractivity contribution in [2.75, 3.05) is 6.61 Å². The van der Waals surface area contributed by atoms with Crippen LogP contribution in [0.15, 0.2) is 47.5 Å². The third-order valence-corrected chi connectivity index (χ3v) is 3.43. The molecule has 2 heteroatoms. The molecule has 88 valence electrons. The summed E-state index contributed by atoms with van der Waals surface area (Å²) >= 11 is 0. The molecule has 3 rings (SSSR count). The van der Waals surface area contributed by atoms with E-state index in [9.17, 15) is 0 Å². The molecule has 1 aliphatic carbocycles. The molecule has 1 unspecified atom stereocenters. The fraction of sp³-hybridized carbons (Fsp3) is 0.400. The molecule has 0 saturated carbocycles. The summed E-state index contributed by atoms with van der Waals surface area (Å²) < 4.78 is 5.76. The molecular weight excluding hydrogens is 210 g/mol. The van der Waals surface area contributed by atoms with Crippen LogP contribution in [0.5, 0.6) is 0 Å². The molecule has 1 aromatic rings. The van der Waals surface area contributed by atoms with Crippen molar-refractivity contribution >= 4 is 5.90 Å². The first-order chi connectivity index (χ1) is 8.43. The predicted octanol–water partition coefficient (Wildman–Crippen LogP) is 3.51. The summed E-state index contributed by atoms with van der Waals surface area (Å²) in [5, 5.41) is 0. The summed E-state index contributed by atoms with van der Waals surface area (Å²) in [5.41, 5.74) is 1.25. The van der Waals surface area contributed by atoms with Crippen molar-refractivity contribution in [2.45, 2.75) is 25.3 Å². The molecule has 0 saturated heterocycles. The zero-order chi connectivity index (χ0) is 11.5. The minimum atomic E-state index is 0.196. The summed E-state index contributed by atoms with van der Waals surface area (Å²) in [4.78, 5) is 4.73. The summed E-state index contributed by atoms with van der Waals surface area (Å²) in [5.74, 6) is 1.35. The lowest BCUT2D eigenvalue weighted by Crippen LogP contribution is -2.14. The first kappa shape index (κ1) is 10.6. The maximum Gasteiger partial charge on any atom is 0.191 e. The van der Waals surface area contributed by atoms with Gasteiger partial charge in [0, 0.05) is 0 Å². The number of nitrogens with zero attached hydrogens (tertiary/aromatic N) is 1. The van der Waals surface area contributed by atoms with E-state index in [1.54, 1.807) is 0 Å². The number of rotatable bonds is 2. The molecule has 2 nitrogen and oxygen atoms in total. The molecule has 0 amide bonds. The van der Waals surface area contributed by atoms with Gasteiger partial charge in [-0.15, -0.1) is 0 Å². The number of benzene rings is 1. The van der Waals surface area contributed by atoms with Crippen LogP contribution in [0.4, 0.5) is 0 Å². The van der Waals surface area contributed by atoms with Crippen molar-refractivity contribution in [3.05, 3.63) is 48.0 Å². The van der Waals surface area contributed by atoms with E-state index in [0.29, 0.717) is 12.5 Å². The van der Waals surface area contributed by atoms with E-state index in [1.807, 2.05) is 6.07 Å². The molecule has 0 fully saturated rings. The van der Waals surface area contributed by atoms with Gasteiger partial charge in [0.05, 0.1) is 5.92 Å². The molecule has 17 heavy (non-hydrogen) atoms. The molecule has 0 N–H and O–H groups in total. The van der Waals surface area contributed by atoms with Crippen LogP contribution in [0, 0.1) is 5.92 Å². The van der Waals surface area contributed by atoms with Gasteiger partial charge in [-0.3, -0.25) is 0 Å². The Morgan fingerprint density at radius 2 is 2.06 bits per heavy atom. The number of aliphatic imine (C=N–C) groups is 1. The second kappa shape index (κ2) is 4.74. The van der Waals surface area contributed by atoms with Crippen LogP contribution in [0.25, 0.3) is 0 Å². The largest absolute Gasteiger partial charge is 0.478 e. The highest BCUT2D eigenvalue weighted by Crippen LogP contribution is 2.28. The maximum absolute atomic E-state index is 5.76. The Kier molecular flexibility index (Phi) is 2.95. The van der Waals surface area contributed by atoms with Crippen LogP contribution in [-0.4, -0.2) is 12.5 Å². The van der Waals surface area contributed by atoms with Gasteiger partial charge in [-0.1, -0.05) is 42.5 Å². The average molecular weight is 227 g/mol. The van der Waals surface area contributed by atoms with Gasteiger partial charge in [0.1, 0.15) is 12.6 Å². The van der Waals surface area contributed by atoms with Crippen molar-refractivity contribution in [3.8, 4) is 0 Å². The fourth-order valence-corrected chi connectivity index (χ4v) is 2.46. The Morgan fingerprint density at radius 3 is 2.82 bits per heavy atom. The van der Waals surface area contributed by atoms with Crippen molar-refractivity contribution in [3.63, 3.8) is 0 Å². The highest BCUT2D eigenvalue weighted by molar-refractivity contribution is 5.82. The smallest absolute Gasteiger partial charge is 0.191 e. The van der Waals surface area contributed by atoms with E-state index in [1.165, 1.54) is 24.8 Å². The van der Waals surface area contributed by atoms with Gasteiger partial charge in [0.2, 0.25) is 0 Å². The molecule has 0 bridgehead atoms. The first-order valence-corrected chi connectivity index (χ1v) is 6.35. The van der Waals surface area contributed by atoms with Gasteiger partial charge in [0.25, 0.3) is 0 Å². The Morgan fingerprint density at radius 1 is 1.18 bits per heavy atom. The van der Waals surface area contributed by atoms with Crippen molar-refractivity contribution in [1.29, 1.82) is 0 Å². The second-order valence-corrected chi connectivity index (χ2v) is 4.67. The van der Waals surface area contributed by atoms with Gasteiger partial charge in [-0.2, -0.15) is 0 Å². The van der Waals surface area contributed by atoms with Crippen LogP contribution in [0.1, 0.15) is 30.9 Å². The monoisotopic (exact) mass is 227 g/mol. The standard InChI is InChI=1S/C15H17NO/c1-3-7-12(8-4-1)14-11-17-15(16-14)13-9-5-2-6-10-13/h1,3-5,7-9,13-14H,2,6,10-11H2/t13?,14-/m0/s1. The minimum Gasteiger partial charge on any atom is -0.478 e. The summed E-state index contributed by atoms with van der Waals surface area (Å²) in [6, 6.07) is 10.6. The third-order valence-electron chi connectivity index (χ3n) is 3.43. The molecule has 0 radical (unpaired) electrons. The normalized spacial score (nSPS) is 27.6. The Bertz CT molecular complexity index is 435. The molecule has 0 aromatic heterocycles. The van der Waals surface area contributed by atoms with E-state index in [-0.39, 0.29) is 6.04 Å². The number of hydrogen-bond acceptors (Lipinski definition) is 2. The lowest BCUT2D eigenvalue weighted by atomic mass is 9.96. The van der Waals surface area contributed by atoms with E-state index in [4.69, 9.17) is 9.73 Å². The van der Waals surface area contributed by atoms with Crippen LogP contribution in [0.2, 0.25) is 0 Å². The first-order valence-electron chi connectivity index (χ1n) is 6.35. The quantitative estimate of drug-likeness (QED) is 0.708. The summed E-state index contributed by atoms with van der Waals surface area (Å²) in [6.45, 7) is 0.698. The van der Waals surface area contributed by atoms with Crippen molar-refractivity contribution < 1.29 is 4.74 Å². The molecule has 1 aliphatic heterocycles. The highest BCUT2D eigenvalue weighted by atomic mass is 16.5. The van der Waals surface area contributed by atoms with Crippen molar-refractivity contribution in [2.24, 2.45) is 10.9 Å². The Balaban J connectivity index is 1.77. The Labute approximate surface area is 102 Å². The molecule has 0 spiro atoms. The van der Waals surface area contributed by atoms with Gasteiger partial charge < -0.3 is 4.74 Å². The molecular formula is C15H17NO. The molecule has 1 aromatic carbocycles. The maximum atomic E-state index is 5.76. The molecule has 2 atom stereocenters. The van der Waals surface area contributed by atoms with Crippen LogP contribution >= 0.6 is 0 Å². The minimum absolute atomic E-state index is 0.196. The number of hydrogen-bond donors (Lipinski definition) is 0. The van der Waals surface area contributed by atoms with Gasteiger partial charge >= 0.3 is 0 Å². The fourth-order valence-electron chi connectivity index (χ4n) is 2.46. The lowest BCUT2D eigenvalue weighted by molar-refractivity contribution is 0.301. The second-order valence-electron chi connectivity index (χ2n) is 4.67. The van der Waals surface area contributed by atoms with Gasteiger partial charge in [-0.25, -0.2) is 4.99 Å². The van der Waals surface area contributed by atoms with E-state index in [0.717, 1.165) is 5.90 Å². The van der Waals surface area contributed by atoms with E-state index < -0.39 is 0 Å². The SMILES string of the molecule is C1=CC(C2=N[C@H](c3ccccc3)CO2)CCC1. The predicted molar refractivity (Wildman–Crippen MR) is 69.1 cm³/mol. The molecule has 1 heterocycles. The summed E-state index contributed by atoms with van der Waals surface area (Å²) in [7, 11) is 0. The van der Waals surface area contributed by atoms with E-state index in [2.05, 4.69) is 36.4 Å². The van der Waals surface area contributed by atoms with Crippen molar-refractivity contribution in [1.82, 2.24) is 0 Å². The van der Waals surface area contributed by atoms with E-state index >= 15 is 0 Å². The molecule has 2 aliphatic rings. The van der Waals surface area contributed by atoms with Crippen LogP contribution in [-0.2, 0) is 4.74 Å². The van der Waals surface area contributed by atoms with Crippen LogP contribution in [0.3, 0.4) is 0 Å². The summed E-state index contributed by atoms with van der Waals surface area (Å²) in [6.07, 6.45) is 8.12. The number of ether oxygens (including phenoxy) is 1. The zero-order valence-electron chi connectivity index (χ0n) is 9.88. The Hall–Kier alpha value is -1.57. The van der Waals surface area contributed by atoms with Gasteiger partial charge in [-0.05, 0) is 24.8 Å². The average Bonchev–Trinajstić information content (AvgIpc) is 2.90. The number of allylic oxidation sites excluding steroid dienone is 1.